The molecule has 0 aliphatic heterocycles. The number of rotatable bonds is 5. The number of amides is 2. The number of nitrogens with zero attached hydrogens (tertiary/aromatic N) is 2. The number of benzene rings is 2. The third-order valence-corrected chi connectivity index (χ3v) is 3.71. The number of phenols is 1. The Hall–Kier alpha value is -3.27. The molecule has 0 atom stereocenters. The van der Waals surface area contributed by atoms with E-state index in [1.807, 2.05) is 0 Å². The third-order valence-electron chi connectivity index (χ3n) is 3.10. The lowest BCUT2D eigenvalue weighted by Crippen LogP contribution is -2.18. The molecule has 0 saturated heterocycles. The molecule has 26 heavy (non-hydrogen) atoms. The van der Waals surface area contributed by atoms with Gasteiger partial charge >= 0.3 is 0 Å². The van der Waals surface area contributed by atoms with Crippen molar-refractivity contribution in [1.29, 1.82) is 0 Å². The van der Waals surface area contributed by atoms with Crippen molar-refractivity contribution in [1.82, 2.24) is 5.43 Å². The lowest BCUT2D eigenvalue weighted by molar-refractivity contribution is -0.385. The number of carbonyl (C=O) groups excluding carboxylic acids is 2. The Bertz CT molecular complexity index is 914. The predicted octanol–water partition coefficient (Wildman–Crippen LogP) is 2.79. The average molecular weight is 421 g/mol. The first-order valence-corrected chi connectivity index (χ1v) is 7.95. The number of nitro benzene ring substituents is 1. The van der Waals surface area contributed by atoms with Gasteiger partial charge in [0.25, 0.3) is 11.6 Å². The van der Waals surface area contributed by atoms with Crippen LogP contribution in [0.2, 0.25) is 0 Å². The number of nitrogens with one attached hydrogen (secondary N) is 2. The van der Waals surface area contributed by atoms with Crippen LogP contribution in [0, 0.1) is 10.1 Å². The van der Waals surface area contributed by atoms with Gasteiger partial charge in [-0.1, -0.05) is 6.07 Å². The minimum atomic E-state index is -0.617. The van der Waals surface area contributed by atoms with E-state index in [-0.39, 0.29) is 32.9 Å². The summed E-state index contributed by atoms with van der Waals surface area (Å²) in [6.07, 6.45) is 1.09. The van der Waals surface area contributed by atoms with E-state index in [1.54, 1.807) is 12.1 Å². The van der Waals surface area contributed by atoms with Gasteiger partial charge in [0.15, 0.2) is 0 Å². The molecular weight excluding hydrogens is 408 g/mol. The minimum absolute atomic E-state index is 0.0540. The summed E-state index contributed by atoms with van der Waals surface area (Å²) >= 11 is 3.01. The maximum absolute atomic E-state index is 12.1. The maximum Gasteiger partial charge on any atom is 0.271 e. The van der Waals surface area contributed by atoms with Crippen LogP contribution in [-0.2, 0) is 4.79 Å². The molecule has 9 nitrogen and oxygen atoms in total. The van der Waals surface area contributed by atoms with Gasteiger partial charge in [-0.05, 0) is 34.1 Å². The Morgan fingerprint density at radius 2 is 2.04 bits per heavy atom. The first-order chi connectivity index (χ1) is 12.3. The lowest BCUT2D eigenvalue weighted by Gasteiger charge is -2.05. The summed E-state index contributed by atoms with van der Waals surface area (Å²) < 4.78 is 0.127. The molecule has 2 aromatic rings. The summed E-state index contributed by atoms with van der Waals surface area (Å²) in [5.74, 6) is -1.08. The second kappa shape index (κ2) is 8.21. The number of hydrogen-bond acceptors (Lipinski definition) is 6. The number of non-ortho nitro benzene ring substituents is 1. The van der Waals surface area contributed by atoms with Gasteiger partial charge in [0.05, 0.1) is 15.6 Å². The molecule has 0 bridgehead atoms. The maximum atomic E-state index is 12.1. The summed E-state index contributed by atoms with van der Waals surface area (Å²) in [5.41, 5.74) is 2.76. The fourth-order valence-electron chi connectivity index (χ4n) is 1.98. The van der Waals surface area contributed by atoms with Gasteiger partial charge in [0.1, 0.15) is 5.75 Å². The molecule has 0 unspecified atom stereocenters. The molecule has 134 valence electrons. The van der Waals surface area contributed by atoms with Gasteiger partial charge in [0.2, 0.25) is 5.91 Å². The van der Waals surface area contributed by atoms with Crippen molar-refractivity contribution in [2.45, 2.75) is 6.92 Å². The summed E-state index contributed by atoms with van der Waals surface area (Å²) in [6.45, 7) is 1.35. The van der Waals surface area contributed by atoms with E-state index in [1.165, 1.54) is 19.1 Å². The predicted molar refractivity (Wildman–Crippen MR) is 98.3 cm³/mol. The third kappa shape index (κ3) is 4.86. The quantitative estimate of drug-likeness (QED) is 0.388. The molecular formula is C16H13BrN4O5. The van der Waals surface area contributed by atoms with Gasteiger partial charge in [-0.3, -0.25) is 19.7 Å². The van der Waals surface area contributed by atoms with Gasteiger partial charge in [-0.15, -0.1) is 0 Å². The molecule has 0 heterocycles. The molecule has 0 fully saturated rings. The highest BCUT2D eigenvalue weighted by molar-refractivity contribution is 9.10. The first kappa shape index (κ1) is 19.1. The highest BCUT2D eigenvalue weighted by Crippen LogP contribution is 2.31. The summed E-state index contributed by atoms with van der Waals surface area (Å²) in [5, 5.41) is 27.0. The zero-order chi connectivity index (χ0) is 19.3. The molecule has 0 aliphatic rings. The topological polar surface area (TPSA) is 134 Å². The summed E-state index contributed by atoms with van der Waals surface area (Å²) in [6, 6.07) is 8.48. The number of phenolic OH excluding ortho intramolecular Hbond substituents is 1. The monoisotopic (exact) mass is 420 g/mol. The number of halogens is 1. The normalized spacial score (nSPS) is 10.5. The van der Waals surface area contributed by atoms with Crippen molar-refractivity contribution in [3.05, 3.63) is 62.1 Å². The fourth-order valence-corrected chi connectivity index (χ4v) is 2.44. The van der Waals surface area contributed by atoms with Gasteiger partial charge < -0.3 is 10.4 Å². The molecule has 0 saturated carbocycles. The van der Waals surface area contributed by atoms with E-state index in [0.29, 0.717) is 5.69 Å². The smallest absolute Gasteiger partial charge is 0.271 e. The van der Waals surface area contributed by atoms with E-state index >= 15 is 0 Å². The molecule has 0 spiro atoms. The highest BCUT2D eigenvalue weighted by Gasteiger charge is 2.14. The zero-order valence-corrected chi connectivity index (χ0v) is 15.0. The van der Waals surface area contributed by atoms with E-state index in [0.717, 1.165) is 18.3 Å². The van der Waals surface area contributed by atoms with Crippen molar-refractivity contribution in [2.24, 2.45) is 5.10 Å². The number of anilines is 1. The van der Waals surface area contributed by atoms with Crippen LogP contribution in [0.1, 0.15) is 22.8 Å². The Morgan fingerprint density at radius 3 is 2.69 bits per heavy atom. The largest absolute Gasteiger partial charge is 0.506 e. The molecule has 2 rings (SSSR count). The molecule has 10 heteroatoms. The van der Waals surface area contributed by atoms with Crippen LogP contribution in [0.5, 0.6) is 5.75 Å². The first-order valence-electron chi connectivity index (χ1n) is 7.16. The Kier molecular flexibility index (Phi) is 6.02. The average Bonchev–Trinajstić information content (AvgIpc) is 2.57. The number of aromatic hydroxyl groups is 1. The van der Waals surface area contributed by atoms with Gasteiger partial charge in [-0.25, -0.2) is 5.43 Å². The molecule has 0 aromatic heterocycles. The number of hydrogen-bond donors (Lipinski definition) is 3. The van der Waals surface area contributed by atoms with Crippen molar-refractivity contribution in [3.63, 3.8) is 0 Å². The van der Waals surface area contributed by atoms with Crippen molar-refractivity contribution in [3.8, 4) is 5.75 Å². The van der Waals surface area contributed by atoms with E-state index in [9.17, 15) is 24.8 Å². The molecule has 2 amide bonds. The van der Waals surface area contributed by atoms with Crippen LogP contribution in [-0.4, -0.2) is 28.1 Å². The van der Waals surface area contributed by atoms with E-state index < -0.39 is 10.8 Å². The van der Waals surface area contributed by atoms with Crippen molar-refractivity contribution >= 4 is 45.3 Å². The van der Waals surface area contributed by atoms with Gasteiger partial charge in [-0.2, -0.15) is 5.10 Å². The van der Waals surface area contributed by atoms with Crippen molar-refractivity contribution in [2.75, 3.05) is 5.32 Å². The summed E-state index contributed by atoms with van der Waals surface area (Å²) in [4.78, 5) is 33.4. The fraction of sp³-hybridized carbons (Fsp3) is 0.0625. The number of carbonyl (C=O) groups is 2. The van der Waals surface area contributed by atoms with E-state index in [2.05, 4.69) is 31.8 Å². The number of hydrazone groups is 1. The summed E-state index contributed by atoms with van der Waals surface area (Å²) in [7, 11) is 0. The molecule has 0 radical (unpaired) electrons. The van der Waals surface area contributed by atoms with Crippen LogP contribution in [0.25, 0.3) is 0 Å². The standard InChI is InChI=1S/C16H13BrN4O5/c1-9(22)19-12-4-2-3-10(5-12)16(24)20-18-8-11-6-13(21(25)26)7-14(17)15(11)23/h2-8,23H,1H3,(H,19,22)(H,20,24)/b18-8+. The highest BCUT2D eigenvalue weighted by atomic mass is 79.9. The Balaban J connectivity index is 2.15. The second-order valence-corrected chi connectivity index (χ2v) is 5.94. The van der Waals surface area contributed by atoms with Crippen molar-refractivity contribution < 1.29 is 19.6 Å². The Morgan fingerprint density at radius 1 is 1.31 bits per heavy atom. The second-order valence-electron chi connectivity index (χ2n) is 5.08. The molecule has 2 aromatic carbocycles. The van der Waals surface area contributed by atoms with Gasteiger partial charge in [0, 0.05) is 35.9 Å². The van der Waals surface area contributed by atoms with Crippen LogP contribution >= 0.6 is 15.9 Å². The zero-order valence-electron chi connectivity index (χ0n) is 13.4. The van der Waals surface area contributed by atoms with Crippen LogP contribution in [0.15, 0.2) is 46.0 Å². The minimum Gasteiger partial charge on any atom is -0.506 e. The van der Waals surface area contributed by atoms with E-state index in [4.69, 9.17) is 0 Å². The lowest BCUT2D eigenvalue weighted by atomic mass is 10.2. The van der Waals surface area contributed by atoms with Crippen LogP contribution in [0.3, 0.4) is 0 Å². The molecule has 0 aliphatic carbocycles. The van der Waals surface area contributed by atoms with Crippen LogP contribution in [0.4, 0.5) is 11.4 Å². The Labute approximate surface area is 156 Å². The number of nitro groups is 1. The molecule has 3 N–H and O–H groups in total. The van der Waals surface area contributed by atoms with Crippen LogP contribution < -0.4 is 10.7 Å². The SMILES string of the molecule is CC(=O)Nc1cccc(C(=O)N/N=C/c2cc([N+](=O)[O-])cc(Br)c2O)c1.